The van der Waals surface area contributed by atoms with Gasteiger partial charge in [-0.15, -0.1) is 0 Å². The van der Waals surface area contributed by atoms with E-state index in [2.05, 4.69) is 4.90 Å². The number of rotatable bonds is 2. The van der Waals surface area contributed by atoms with Crippen molar-refractivity contribution in [3.63, 3.8) is 0 Å². The molecule has 2 nitrogen and oxygen atoms in total. The first kappa shape index (κ1) is 9.07. The smallest absolute Gasteiger partial charge is 0.118 e. The van der Waals surface area contributed by atoms with Gasteiger partial charge in [0.25, 0.3) is 0 Å². The molecule has 1 N–H and O–H groups in total. The lowest BCUT2D eigenvalue weighted by atomic mass is 10.1. The Balaban J connectivity index is 2.92. The number of hydrogen-bond acceptors (Lipinski definition) is 2. The Kier molecular flexibility index (Phi) is 2.71. The van der Waals surface area contributed by atoms with Crippen LogP contribution >= 0.6 is 0 Å². The van der Waals surface area contributed by atoms with Gasteiger partial charge in [-0.1, -0.05) is 12.1 Å². The molecule has 0 aliphatic heterocycles. The van der Waals surface area contributed by atoms with Gasteiger partial charge in [-0.25, -0.2) is 0 Å². The van der Waals surface area contributed by atoms with Gasteiger partial charge in [0.15, 0.2) is 0 Å². The Bertz CT molecular complexity index is 269. The first-order valence-electron chi connectivity index (χ1n) is 4.03. The van der Waals surface area contributed by atoms with Crippen LogP contribution in [0.5, 0.6) is 5.75 Å². The third-order valence-corrected chi connectivity index (χ3v) is 1.90. The van der Waals surface area contributed by atoms with Crippen molar-refractivity contribution >= 4 is 0 Å². The van der Waals surface area contributed by atoms with Crippen LogP contribution in [0.1, 0.15) is 11.1 Å². The van der Waals surface area contributed by atoms with Crippen LogP contribution in [-0.2, 0) is 6.54 Å². The maximum atomic E-state index is 9.39. The van der Waals surface area contributed by atoms with Crippen LogP contribution in [0, 0.1) is 6.92 Å². The molecule has 1 aromatic rings. The van der Waals surface area contributed by atoms with Gasteiger partial charge in [0.05, 0.1) is 0 Å². The molecule has 0 saturated heterocycles. The van der Waals surface area contributed by atoms with Crippen LogP contribution < -0.4 is 0 Å². The fourth-order valence-corrected chi connectivity index (χ4v) is 1.18. The number of nitrogens with zero attached hydrogens (tertiary/aromatic N) is 1. The molecule has 1 rings (SSSR count). The van der Waals surface area contributed by atoms with E-state index in [9.17, 15) is 5.11 Å². The van der Waals surface area contributed by atoms with Gasteiger partial charge in [0.2, 0.25) is 0 Å². The zero-order chi connectivity index (χ0) is 9.14. The van der Waals surface area contributed by atoms with Crippen molar-refractivity contribution in [1.82, 2.24) is 4.90 Å². The fraction of sp³-hybridized carbons (Fsp3) is 0.400. The number of phenolic OH excluding ortho intramolecular Hbond substituents is 1. The van der Waals surface area contributed by atoms with Crippen LogP contribution in [0.3, 0.4) is 0 Å². The first-order valence-corrected chi connectivity index (χ1v) is 4.03. The summed E-state index contributed by atoms with van der Waals surface area (Å²) in [6.07, 6.45) is 0. The van der Waals surface area contributed by atoms with Crippen LogP contribution in [0.25, 0.3) is 0 Å². The summed E-state index contributed by atoms with van der Waals surface area (Å²) in [7, 11) is 4.03. The van der Waals surface area contributed by atoms with E-state index < -0.39 is 0 Å². The van der Waals surface area contributed by atoms with Gasteiger partial charge < -0.3 is 10.0 Å². The zero-order valence-electron chi connectivity index (χ0n) is 7.83. The molecule has 0 aliphatic rings. The highest BCUT2D eigenvalue weighted by atomic mass is 16.3. The molecule has 0 unspecified atom stereocenters. The fourth-order valence-electron chi connectivity index (χ4n) is 1.18. The third kappa shape index (κ3) is 1.98. The molecule has 1 aromatic carbocycles. The van der Waals surface area contributed by atoms with Crippen molar-refractivity contribution in [2.75, 3.05) is 14.1 Å². The van der Waals surface area contributed by atoms with E-state index >= 15 is 0 Å². The molecule has 0 saturated carbocycles. The Morgan fingerprint density at radius 1 is 1.33 bits per heavy atom. The normalized spacial score (nSPS) is 10.7. The highest BCUT2D eigenvalue weighted by Gasteiger charge is 2.02. The minimum atomic E-state index is 0.384. The van der Waals surface area contributed by atoms with Crippen LogP contribution in [0.4, 0.5) is 0 Å². The van der Waals surface area contributed by atoms with Crippen molar-refractivity contribution in [2.24, 2.45) is 0 Å². The van der Waals surface area contributed by atoms with E-state index in [0.717, 1.165) is 12.1 Å². The number of benzene rings is 1. The number of hydrogen-bond donors (Lipinski definition) is 1. The summed E-state index contributed by atoms with van der Waals surface area (Å²) in [5, 5.41) is 9.39. The van der Waals surface area contributed by atoms with Crippen molar-refractivity contribution < 1.29 is 5.11 Å². The Morgan fingerprint density at radius 2 is 2.00 bits per heavy atom. The average Bonchev–Trinajstić information content (AvgIpc) is 1.98. The lowest BCUT2D eigenvalue weighted by molar-refractivity contribution is 0.399. The van der Waals surface area contributed by atoms with Gasteiger partial charge in [0, 0.05) is 6.54 Å². The lowest BCUT2D eigenvalue weighted by Crippen LogP contribution is -2.11. The zero-order valence-corrected chi connectivity index (χ0v) is 7.83. The van der Waals surface area contributed by atoms with Crippen molar-refractivity contribution in [3.05, 3.63) is 29.3 Å². The SMILES string of the molecule is Cc1c(O)cccc1CN(C)C. The quantitative estimate of drug-likeness (QED) is 0.721. The summed E-state index contributed by atoms with van der Waals surface area (Å²) >= 11 is 0. The largest absolute Gasteiger partial charge is 0.508 e. The summed E-state index contributed by atoms with van der Waals surface area (Å²) in [4.78, 5) is 2.09. The van der Waals surface area contributed by atoms with Gasteiger partial charge in [-0.2, -0.15) is 0 Å². The predicted molar refractivity (Wildman–Crippen MR) is 50.2 cm³/mol. The molecule has 12 heavy (non-hydrogen) atoms. The molecule has 0 heterocycles. The number of phenols is 1. The summed E-state index contributed by atoms with van der Waals surface area (Å²) in [6, 6.07) is 5.63. The molecular weight excluding hydrogens is 150 g/mol. The van der Waals surface area contributed by atoms with Gasteiger partial charge >= 0.3 is 0 Å². The van der Waals surface area contributed by atoms with Crippen LogP contribution in [0.2, 0.25) is 0 Å². The minimum Gasteiger partial charge on any atom is -0.508 e. The van der Waals surface area contributed by atoms with Crippen LogP contribution in [0.15, 0.2) is 18.2 Å². The predicted octanol–water partition coefficient (Wildman–Crippen LogP) is 1.76. The topological polar surface area (TPSA) is 23.5 Å². The summed E-state index contributed by atoms with van der Waals surface area (Å²) in [6.45, 7) is 2.81. The van der Waals surface area contributed by atoms with E-state index in [0.29, 0.717) is 5.75 Å². The molecule has 66 valence electrons. The standard InChI is InChI=1S/C10H15NO/c1-8-9(7-11(2)3)5-4-6-10(8)12/h4-6,12H,7H2,1-3H3. The van der Waals surface area contributed by atoms with Gasteiger partial charge in [-0.05, 0) is 38.2 Å². The molecule has 0 spiro atoms. The lowest BCUT2D eigenvalue weighted by Gasteiger charge is -2.12. The average molecular weight is 165 g/mol. The monoisotopic (exact) mass is 165 g/mol. The van der Waals surface area contributed by atoms with Gasteiger partial charge in [0.1, 0.15) is 5.75 Å². The Labute approximate surface area is 73.4 Å². The summed E-state index contributed by atoms with van der Waals surface area (Å²) in [5.74, 6) is 0.384. The van der Waals surface area contributed by atoms with Crippen molar-refractivity contribution in [1.29, 1.82) is 0 Å². The maximum absolute atomic E-state index is 9.39. The molecule has 0 atom stereocenters. The van der Waals surface area contributed by atoms with E-state index in [4.69, 9.17) is 0 Å². The van der Waals surface area contributed by atoms with Gasteiger partial charge in [-0.3, -0.25) is 0 Å². The van der Waals surface area contributed by atoms with Crippen molar-refractivity contribution in [3.8, 4) is 5.75 Å². The summed E-state index contributed by atoms with van der Waals surface area (Å²) < 4.78 is 0. The second-order valence-electron chi connectivity index (χ2n) is 3.30. The van der Waals surface area contributed by atoms with E-state index in [1.807, 2.05) is 33.2 Å². The molecule has 0 fully saturated rings. The Morgan fingerprint density at radius 3 is 2.58 bits per heavy atom. The minimum absolute atomic E-state index is 0.384. The first-order chi connectivity index (χ1) is 5.61. The maximum Gasteiger partial charge on any atom is 0.118 e. The Hall–Kier alpha value is -1.02. The molecule has 0 bridgehead atoms. The van der Waals surface area contributed by atoms with Crippen LogP contribution in [-0.4, -0.2) is 24.1 Å². The van der Waals surface area contributed by atoms with E-state index in [1.54, 1.807) is 6.07 Å². The molecule has 0 amide bonds. The highest BCUT2D eigenvalue weighted by molar-refractivity contribution is 5.37. The molecular formula is C10H15NO. The molecule has 2 heteroatoms. The van der Waals surface area contributed by atoms with Crippen molar-refractivity contribution in [2.45, 2.75) is 13.5 Å². The van der Waals surface area contributed by atoms with E-state index in [1.165, 1.54) is 5.56 Å². The second-order valence-corrected chi connectivity index (χ2v) is 3.30. The van der Waals surface area contributed by atoms with E-state index in [-0.39, 0.29) is 0 Å². The highest BCUT2D eigenvalue weighted by Crippen LogP contribution is 2.19. The number of aromatic hydroxyl groups is 1. The second kappa shape index (κ2) is 3.59. The molecule has 0 aliphatic carbocycles. The summed E-state index contributed by atoms with van der Waals surface area (Å²) in [5.41, 5.74) is 2.16. The molecule has 0 aromatic heterocycles. The third-order valence-electron chi connectivity index (χ3n) is 1.90. The molecule has 0 radical (unpaired) electrons.